The lowest BCUT2D eigenvalue weighted by Crippen LogP contribution is -2.24. The molecule has 1 aromatic carbocycles. The van der Waals surface area contributed by atoms with Crippen LogP contribution >= 0.6 is 31.9 Å². The highest BCUT2D eigenvalue weighted by molar-refractivity contribution is 9.11. The van der Waals surface area contributed by atoms with Gasteiger partial charge in [-0.05, 0) is 59.1 Å². The molecule has 3 rings (SSSR count). The average Bonchev–Trinajstić information content (AvgIpc) is 3.07. The fourth-order valence-electron chi connectivity index (χ4n) is 2.68. The third-order valence-electron chi connectivity index (χ3n) is 3.78. The Hall–Kier alpha value is -0.580. The van der Waals surface area contributed by atoms with E-state index in [1.165, 1.54) is 25.7 Å². The highest BCUT2D eigenvalue weighted by Crippen LogP contribution is 2.32. The molecule has 1 heterocycles. The molecule has 106 valence electrons. The van der Waals surface area contributed by atoms with E-state index in [0.717, 1.165) is 32.6 Å². The molecule has 0 spiro atoms. The van der Waals surface area contributed by atoms with Gasteiger partial charge in [-0.2, -0.15) is 0 Å². The molecular weight excluding hydrogens is 382 g/mol. The Kier molecular flexibility index (Phi) is 4.64. The molecule has 1 fully saturated rings. The zero-order chi connectivity index (χ0) is 13.9. The zero-order valence-electron chi connectivity index (χ0n) is 11.2. The predicted octanol–water partition coefficient (Wildman–Crippen LogP) is 5.50. The summed E-state index contributed by atoms with van der Waals surface area (Å²) in [7, 11) is 0. The first-order valence-electron chi connectivity index (χ1n) is 7.00. The standard InChI is InChI=1S/C16H17Br2NO/c17-11-5-7-14(15(18)9-11)16-8-6-13(20-16)10-19-12-3-1-2-4-12/h5-9,12,19H,1-4,10H2. The van der Waals surface area contributed by atoms with E-state index in [2.05, 4.69) is 49.3 Å². The Bertz CT molecular complexity index is 588. The number of hydrogen-bond acceptors (Lipinski definition) is 2. The molecule has 1 aliphatic rings. The minimum absolute atomic E-state index is 0.669. The Balaban J connectivity index is 1.69. The molecule has 20 heavy (non-hydrogen) atoms. The van der Waals surface area contributed by atoms with Gasteiger partial charge in [-0.3, -0.25) is 0 Å². The van der Waals surface area contributed by atoms with E-state index in [4.69, 9.17) is 4.42 Å². The van der Waals surface area contributed by atoms with Gasteiger partial charge in [0.2, 0.25) is 0 Å². The molecule has 0 aliphatic heterocycles. The maximum Gasteiger partial charge on any atom is 0.135 e. The maximum absolute atomic E-state index is 5.94. The SMILES string of the molecule is Brc1ccc(-c2ccc(CNC3CCCC3)o2)c(Br)c1. The summed E-state index contributed by atoms with van der Waals surface area (Å²) in [5.41, 5.74) is 1.08. The zero-order valence-corrected chi connectivity index (χ0v) is 14.3. The molecule has 0 unspecified atom stereocenters. The number of rotatable bonds is 4. The first kappa shape index (κ1) is 14.4. The van der Waals surface area contributed by atoms with Crippen molar-refractivity contribution in [2.75, 3.05) is 0 Å². The van der Waals surface area contributed by atoms with Crippen LogP contribution in [0.3, 0.4) is 0 Å². The van der Waals surface area contributed by atoms with E-state index in [1.807, 2.05) is 18.2 Å². The number of halogens is 2. The molecule has 2 aromatic rings. The summed E-state index contributed by atoms with van der Waals surface area (Å²) in [6, 6.07) is 10.9. The highest BCUT2D eigenvalue weighted by atomic mass is 79.9. The van der Waals surface area contributed by atoms with Crippen LogP contribution in [0.5, 0.6) is 0 Å². The second kappa shape index (κ2) is 6.46. The lowest BCUT2D eigenvalue weighted by atomic mass is 10.2. The fourth-order valence-corrected chi connectivity index (χ4v) is 3.92. The minimum atomic E-state index is 0.669. The van der Waals surface area contributed by atoms with E-state index in [9.17, 15) is 0 Å². The third kappa shape index (κ3) is 3.35. The summed E-state index contributed by atoms with van der Waals surface area (Å²) in [6.45, 7) is 0.818. The predicted molar refractivity (Wildman–Crippen MR) is 88.6 cm³/mol. The molecule has 1 aliphatic carbocycles. The topological polar surface area (TPSA) is 25.2 Å². The summed E-state index contributed by atoms with van der Waals surface area (Å²) >= 11 is 7.05. The van der Waals surface area contributed by atoms with Crippen LogP contribution in [0.1, 0.15) is 31.4 Å². The number of benzene rings is 1. The van der Waals surface area contributed by atoms with Crippen molar-refractivity contribution < 1.29 is 4.42 Å². The van der Waals surface area contributed by atoms with Crippen LogP contribution in [0.25, 0.3) is 11.3 Å². The van der Waals surface area contributed by atoms with Gasteiger partial charge in [-0.25, -0.2) is 0 Å². The first-order chi connectivity index (χ1) is 9.72. The molecule has 1 aromatic heterocycles. The molecule has 1 N–H and O–H groups in total. The summed E-state index contributed by atoms with van der Waals surface area (Å²) in [4.78, 5) is 0. The van der Waals surface area contributed by atoms with Gasteiger partial charge >= 0.3 is 0 Å². The summed E-state index contributed by atoms with van der Waals surface area (Å²) < 4.78 is 8.04. The largest absolute Gasteiger partial charge is 0.460 e. The molecule has 0 amide bonds. The van der Waals surface area contributed by atoms with Crippen molar-refractivity contribution in [1.29, 1.82) is 0 Å². The van der Waals surface area contributed by atoms with Crippen LogP contribution in [0.2, 0.25) is 0 Å². The van der Waals surface area contributed by atoms with E-state index in [-0.39, 0.29) is 0 Å². The van der Waals surface area contributed by atoms with Crippen molar-refractivity contribution in [3.63, 3.8) is 0 Å². The third-order valence-corrected chi connectivity index (χ3v) is 4.93. The normalized spacial score (nSPS) is 15.9. The van der Waals surface area contributed by atoms with Gasteiger partial charge in [-0.1, -0.05) is 28.8 Å². The van der Waals surface area contributed by atoms with Gasteiger partial charge in [0, 0.05) is 20.6 Å². The van der Waals surface area contributed by atoms with Crippen molar-refractivity contribution in [2.45, 2.75) is 38.3 Å². The summed E-state index contributed by atoms with van der Waals surface area (Å²) in [5.74, 6) is 1.91. The first-order valence-corrected chi connectivity index (χ1v) is 8.58. The lowest BCUT2D eigenvalue weighted by Gasteiger charge is -2.09. The van der Waals surface area contributed by atoms with Gasteiger partial charge in [0.25, 0.3) is 0 Å². The molecule has 0 saturated heterocycles. The highest BCUT2D eigenvalue weighted by Gasteiger charge is 2.15. The monoisotopic (exact) mass is 397 g/mol. The Morgan fingerprint density at radius 3 is 2.65 bits per heavy atom. The molecule has 2 nitrogen and oxygen atoms in total. The van der Waals surface area contributed by atoms with E-state index in [1.54, 1.807) is 0 Å². The Morgan fingerprint density at radius 1 is 1.10 bits per heavy atom. The van der Waals surface area contributed by atoms with Crippen LogP contribution in [0.4, 0.5) is 0 Å². The maximum atomic E-state index is 5.94. The lowest BCUT2D eigenvalue weighted by molar-refractivity contribution is 0.452. The van der Waals surface area contributed by atoms with Gasteiger partial charge in [0.05, 0.1) is 6.54 Å². The van der Waals surface area contributed by atoms with E-state index < -0.39 is 0 Å². The molecule has 0 radical (unpaired) electrons. The van der Waals surface area contributed by atoms with Crippen LogP contribution < -0.4 is 5.32 Å². The van der Waals surface area contributed by atoms with E-state index in [0.29, 0.717) is 6.04 Å². The second-order valence-electron chi connectivity index (χ2n) is 5.25. The smallest absolute Gasteiger partial charge is 0.135 e. The van der Waals surface area contributed by atoms with E-state index >= 15 is 0 Å². The van der Waals surface area contributed by atoms with Gasteiger partial charge in [0.1, 0.15) is 11.5 Å². The Labute approximate surface area is 136 Å². The van der Waals surface area contributed by atoms with Crippen molar-refractivity contribution >= 4 is 31.9 Å². The van der Waals surface area contributed by atoms with Gasteiger partial charge < -0.3 is 9.73 Å². The summed E-state index contributed by atoms with van der Waals surface area (Å²) in [6.07, 6.45) is 5.30. The Morgan fingerprint density at radius 2 is 1.90 bits per heavy atom. The molecule has 1 saturated carbocycles. The molecule has 0 bridgehead atoms. The van der Waals surface area contributed by atoms with Crippen LogP contribution in [0, 0.1) is 0 Å². The van der Waals surface area contributed by atoms with Crippen molar-refractivity contribution in [3.05, 3.63) is 45.0 Å². The molecule has 0 atom stereocenters. The van der Waals surface area contributed by atoms with Crippen LogP contribution in [-0.4, -0.2) is 6.04 Å². The van der Waals surface area contributed by atoms with Crippen LogP contribution in [-0.2, 0) is 6.54 Å². The number of furan rings is 1. The van der Waals surface area contributed by atoms with Crippen molar-refractivity contribution in [1.82, 2.24) is 5.32 Å². The van der Waals surface area contributed by atoms with Gasteiger partial charge in [0.15, 0.2) is 0 Å². The van der Waals surface area contributed by atoms with Crippen molar-refractivity contribution in [2.24, 2.45) is 0 Å². The van der Waals surface area contributed by atoms with Crippen LogP contribution in [0.15, 0.2) is 43.7 Å². The second-order valence-corrected chi connectivity index (χ2v) is 7.02. The molecular formula is C16H17Br2NO. The molecule has 4 heteroatoms. The van der Waals surface area contributed by atoms with Gasteiger partial charge in [-0.15, -0.1) is 0 Å². The number of nitrogens with one attached hydrogen (secondary N) is 1. The quantitative estimate of drug-likeness (QED) is 0.734. The minimum Gasteiger partial charge on any atom is -0.460 e. The number of hydrogen-bond donors (Lipinski definition) is 1. The fraction of sp³-hybridized carbons (Fsp3) is 0.375. The van der Waals surface area contributed by atoms with Crippen molar-refractivity contribution in [3.8, 4) is 11.3 Å². The summed E-state index contributed by atoms with van der Waals surface area (Å²) in [5, 5.41) is 3.57. The average molecular weight is 399 g/mol.